The van der Waals surface area contributed by atoms with Crippen molar-refractivity contribution in [3.8, 4) is 11.5 Å². The van der Waals surface area contributed by atoms with Gasteiger partial charge in [0.2, 0.25) is 0 Å². The van der Waals surface area contributed by atoms with Gasteiger partial charge in [-0.25, -0.2) is 4.98 Å². The van der Waals surface area contributed by atoms with E-state index in [9.17, 15) is 5.11 Å². The molecule has 2 aromatic rings. The van der Waals surface area contributed by atoms with Crippen LogP contribution in [0.25, 0.3) is 0 Å². The lowest BCUT2D eigenvalue weighted by atomic mass is 10.3. The lowest BCUT2D eigenvalue weighted by Crippen LogP contribution is -2.20. The molecule has 4 nitrogen and oxygen atoms in total. The number of methoxy groups -OCH3 is 1. The van der Waals surface area contributed by atoms with Crippen LogP contribution < -0.4 is 9.47 Å². The molecule has 1 heterocycles. The number of benzene rings is 1. The average Bonchev–Trinajstić information content (AvgIpc) is 2.52. The second-order valence-corrected chi connectivity index (χ2v) is 5.16. The summed E-state index contributed by atoms with van der Waals surface area (Å²) >= 11 is 1.51. The maximum absolute atomic E-state index is 9.87. The van der Waals surface area contributed by atoms with Gasteiger partial charge in [-0.05, 0) is 36.4 Å². The summed E-state index contributed by atoms with van der Waals surface area (Å²) in [6.07, 6.45) is 1.20. The zero-order chi connectivity index (χ0) is 14.2. The quantitative estimate of drug-likeness (QED) is 0.795. The molecule has 0 spiro atoms. The molecule has 0 radical (unpaired) electrons. The molecule has 0 aliphatic carbocycles. The van der Waals surface area contributed by atoms with Crippen LogP contribution in [-0.4, -0.2) is 35.7 Å². The van der Waals surface area contributed by atoms with Crippen LogP contribution in [0.3, 0.4) is 0 Å². The Hall–Kier alpha value is -1.72. The molecule has 1 N–H and O–H groups in total. The lowest BCUT2D eigenvalue weighted by molar-refractivity contribution is 0.126. The van der Waals surface area contributed by atoms with E-state index in [4.69, 9.17) is 9.47 Å². The third-order valence-electron chi connectivity index (χ3n) is 2.56. The third kappa shape index (κ3) is 4.75. The van der Waals surface area contributed by atoms with E-state index in [0.717, 1.165) is 10.8 Å². The molecule has 106 valence electrons. The van der Waals surface area contributed by atoms with Crippen LogP contribution in [0.4, 0.5) is 0 Å². The Morgan fingerprint density at radius 3 is 2.55 bits per heavy atom. The number of hydrogen-bond donors (Lipinski definition) is 1. The Labute approximate surface area is 122 Å². The molecule has 5 heteroatoms. The SMILES string of the molecule is COc1ccc(OCC(O)CSc2ccccn2)cc1. The van der Waals surface area contributed by atoms with Crippen LogP contribution in [0.15, 0.2) is 53.7 Å². The van der Waals surface area contributed by atoms with E-state index in [0.29, 0.717) is 11.5 Å². The van der Waals surface area contributed by atoms with Gasteiger partial charge < -0.3 is 14.6 Å². The fourth-order valence-corrected chi connectivity index (χ4v) is 2.30. The van der Waals surface area contributed by atoms with E-state index in [1.165, 1.54) is 11.8 Å². The molecule has 1 aromatic carbocycles. The van der Waals surface area contributed by atoms with Crippen LogP contribution in [0.1, 0.15) is 0 Å². The van der Waals surface area contributed by atoms with Gasteiger partial charge in [-0.2, -0.15) is 0 Å². The smallest absolute Gasteiger partial charge is 0.119 e. The molecule has 0 aliphatic heterocycles. The molecule has 20 heavy (non-hydrogen) atoms. The first-order chi connectivity index (χ1) is 9.78. The average molecular weight is 291 g/mol. The summed E-state index contributed by atoms with van der Waals surface area (Å²) in [6.45, 7) is 0.256. The zero-order valence-electron chi connectivity index (χ0n) is 11.2. The van der Waals surface area contributed by atoms with Gasteiger partial charge in [-0.15, -0.1) is 11.8 Å². The number of pyridine rings is 1. The number of rotatable bonds is 7. The number of ether oxygens (including phenoxy) is 2. The van der Waals surface area contributed by atoms with Gasteiger partial charge in [0.05, 0.1) is 18.2 Å². The molecule has 0 saturated heterocycles. The Bertz CT molecular complexity index is 504. The Morgan fingerprint density at radius 2 is 1.90 bits per heavy atom. The van der Waals surface area contributed by atoms with E-state index in [2.05, 4.69) is 4.98 Å². The van der Waals surface area contributed by atoms with E-state index >= 15 is 0 Å². The highest BCUT2D eigenvalue weighted by atomic mass is 32.2. The van der Waals surface area contributed by atoms with Crippen LogP contribution in [0.2, 0.25) is 0 Å². The van der Waals surface area contributed by atoms with Crippen LogP contribution in [0.5, 0.6) is 11.5 Å². The Balaban J connectivity index is 1.73. The summed E-state index contributed by atoms with van der Waals surface area (Å²) in [4.78, 5) is 4.19. The molecular weight excluding hydrogens is 274 g/mol. The number of hydrogen-bond acceptors (Lipinski definition) is 5. The highest BCUT2D eigenvalue weighted by Gasteiger charge is 2.07. The summed E-state index contributed by atoms with van der Waals surface area (Å²) < 4.78 is 10.6. The predicted molar refractivity (Wildman–Crippen MR) is 79.5 cm³/mol. The van der Waals surface area contributed by atoms with Gasteiger partial charge in [0.15, 0.2) is 0 Å². The monoisotopic (exact) mass is 291 g/mol. The fourth-order valence-electron chi connectivity index (χ4n) is 1.53. The van der Waals surface area contributed by atoms with Crippen LogP contribution in [-0.2, 0) is 0 Å². The van der Waals surface area contributed by atoms with Crippen molar-refractivity contribution in [2.75, 3.05) is 19.5 Å². The van der Waals surface area contributed by atoms with Gasteiger partial charge in [0, 0.05) is 11.9 Å². The summed E-state index contributed by atoms with van der Waals surface area (Å²) in [6, 6.07) is 13.0. The highest BCUT2D eigenvalue weighted by Crippen LogP contribution is 2.18. The Kier molecular flexibility index (Phi) is 5.70. The van der Waals surface area contributed by atoms with Crippen molar-refractivity contribution in [3.63, 3.8) is 0 Å². The predicted octanol–water partition coefficient (Wildman–Crippen LogP) is 2.62. The van der Waals surface area contributed by atoms with Gasteiger partial charge >= 0.3 is 0 Å². The van der Waals surface area contributed by atoms with Crippen LogP contribution >= 0.6 is 11.8 Å². The fraction of sp³-hybridized carbons (Fsp3) is 0.267. The minimum atomic E-state index is -0.538. The summed E-state index contributed by atoms with van der Waals surface area (Å²) in [7, 11) is 1.62. The first-order valence-corrected chi connectivity index (χ1v) is 7.25. The van der Waals surface area contributed by atoms with Crippen LogP contribution in [0, 0.1) is 0 Å². The summed E-state index contributed by atoms with van der Waals surface area (Å²) in [5, 5.41) is 10.8. The van der Waals surface area contributed by atoms with Gasteiger partial charge in [0.1, 0.15) is 18.1 Å². The topological polar surface area (TPSA) is 51.6 Å². The van der Waals surface area contributed by atoms with Crippen molar-refractivity contribution >= 4 is 11.8 Å². The van der Waals surface area contributed by atoms with Gasteiger partial charge in [-0.1, -0.05) is 6.07 Å². The number of aromatic nitrogens is 1. The summed E-state index contributed by atoms with van der Waals surface area (Å²) in [5.41, 5.74) is 0. The van der Waals surface area contributed by atoms with Gasteiger partial charge in [0.25, 0.3) is 0 Å². The van der Waals surface area contributed by atoms with E-state index in [-0.39, 0.29) is 6.61 Å². The minimum absolute atomic E-state index is 0.256. The molecule has 0 saturated carbocycles. The minimum Gasteiger partial charge on any atom is -0.497 e. The highest BCUT2D eigenvalue weighted by molar-refractivity contribution is 7.99. The number of nitrogens with zero attached hydrogens (tertiary/aromatic N) is 1. The largest absolute Gasteiger partial charge is 0.497 e. The van der Waals surface area contributed by atoms with Crippen molar-refractivity contribution < 1.29 is 14.6 Å². The molecule has 2 rings (SSSR count). The number of aliphatic hydroxyl groups is 1. The second kappa shape index (κ2) is 7.77. The van der Waals surface area contributed by atoms with Crippen molar-refractivity contribution in [1.82, 2.24) is 4.98 Å². The number of aliphatic hydroxyl groups excluding tert-OH is 1. The Morgan fingerprint density at radius 1 is 1.15 bits per heavy atom. The van der Waals surface area contributed by atoms with Crippen molar-refractivity contribution in [2.24, 2.45) is 0 Å². The van der Waals surface area contributed by atoms with E-state index in [1.807, 2.05) is 42.5 Å². The third-order valence-corrected chi connectivity index (χ3v) is 3.65. The first kappa shape index (κ1) is 14.7. The molecule has 1 atom stereocenters. The summed E-state index contributed by atoms with van der Waals surface area (Å²) in [5.74, 6) is 2.05. The second-order valence-electron chi connectivity index (χ2n) is 4.12. The van der Waals surface area contributed by atoms with E-state index < -0.39 is 6.10 Å². The lowest BCUT2D eigenvalue weighted by Gasteiger charge is -2.12. The molecule has 0 aliphatic rings. The molecule has 1 unspecified atom stereocenters. The van der Waals surface area contributed by atoms with Crippen molar-refractivity contribution in [1.29, 1.82) is 0 Å². The molecule has 0 amide bonds. The normalized spacial score (nSPS) is 11.9. The number of thioether (sulfide) groups is 1. The standard InChI is InChI=1S/C15H17NO3S/c1-18-13-5-7-14(8-6-13)19-10-12(17)11-20-15-4-2-3-9-16-15/h2-9,12,17H,10-11H2,1H3. The first-order valence-electron chi connectivity index (χ1n) is 6.26. The molecule has 0 bridgehead atoms. The maximum atomic E-state index is 9.87. The van der Waals surface area contributed by atoms with Crippen molar-refractivity contribution in [2.45, 2.75) is 11.1 Å². The van der Waals surface area contributed by atoms with E-state index in [1.54, 1.807) is 13.3 Å². The van der Waals surface area contributed by atoms with Gasteiger partial charge in [-0.3, -0.25) is 0 Å². The maximum Gasteiger partial charge on any atom is 0.119 e. The molecule has 0 fully saturated rings. The molecule has 1 aromatic heterocycles. The molecular formula is C15H17NO3S. The van der Waals surface area contributed by atoms with Crippen molar-refractivity contribution in [3.05, 3.63) is 48.7 Å². The zero-order valence-corrected chi connectivity index (χ0v) is 12.0.